The SMILES string of the molecule is Nc1ncnc2c1ncn2CCCn1cc(-c2cc(N[C@@H]3CCOC[C@H]3O)ncc2Cl)cn1. The van der Waals surface area contributed by atoms with Crippen LogP contribution in [-0.4, -0.2) is 64.7 Å². The lowest BCUT2D eigenvalue weighted by Gasteiger charge is -2.28. The van der Waals surface area contributed by atoms with Gasteiger partial charge in [-0.05, 0) is 18.9 Å². The Hall–Kier alpha value is -3.28. The molecule has 12 heteroatoms. The highest BCUT2D eigenvalue weighted by Crippen LogP contribution is 2.29. The fraction of sp³-hybridized carbons (Fsp3) is 0.381. The van der Waals surface area contributed by atoms with Gasteiger partial charge < -0.3 is 25.5 Å². The maximum Gasteiger partial charge on any atom is 0.165 e. The minimum atomic E-state index is -0.571. The van der Waals surface area contributed by atoms with Gasteiger partial charge in [-0.2, -0.15) is 5.10 Å². The number of aryl methyl sites for hydroxylation is 2. The van der Waals surface area contributed by atoms with Gasteiger partial charge in [-0.15, -0.1) is 0 Å². The topological polar surface area (TPSA) is 142 Å². The van der Waals surface area contributed by atoms with Crippen molar-refractivity contribution in [3.8, 4) is 11.1 Å². The maximum atomic E-state index is 10.1. The largest absolute Gasteiger partial charge is 0.389 e. The third kappa shape index (κ3) is 4.61. The zero-order valence-corrected chi connectivity index (χ0v) is 18.6. The van der Waals surface area contributed by atoms with Gasteiger partial charge in [0.25, 0.3) is 0 Å². The molecule has 4 aromatic rings. The van der Waals surface area contributed by atoms with Crippen LogP contribution in [0.3, 0.4) is 0 Å². The van der Waals surface area contributed by atoms with Crippen molar-refractivity contribution in [3.63, 3.8) is 0 Å². The van der Waals surface area contributed by atoms with E-state index in [1.807, 2.05) is 21.5 Å². The number of aromatic nitrogens is 7. The van der Waals surface area contributed by atoms with E-state index in [0.717, 1.165) is 29.7 Å². The lowest BCUT2D eigenvalue weighted by atomic mass is 10.1. The van der Waals surface area contributed by atoms with Crippen molar-refractivity contribution in [1.82, 2.24) is 34.3 Å². The first-order valence-electron chi connectivity index (χ1n) is 10.7. The molecule has 1 fully saturated rings. The summed E-state index contributed by atoms with van der Waals surface area (Å²) in [5.74, 6) is 1.03. The number of rotatable bonds is 7. The molecule has 1 aliphatic rings. The second-order valence-corrected chi connectivity index (χ2v) is 8.35. The number of pyridine rings is 1. The standard InChI is InChI=1S/C21H24ClN9O2/c22-15-8-24-18(29-16-2-5-33-10-17(16)32)6-14(15)13-7-28-31(9-13)4-1-3-30-12-27-19-20(23)25-11-26-21(19)30/h6-9,11-12,16-17,32H,1-5,10H2,(H,24,29)(H2,23,25,26)/t16-,17-/m1/s1. The molecular weight excluding hydrogens is 446 g/mol. The average molecular weight is 470 g/mol. The van der Waals surface area contributed by atoms with E-state index < -0.39 is 6.10 Å². The fourth-order valence-corrected chi connectivity index (χ4v) is 4.12. The number of aliphatic hydroxyl groups is 1. The van der Waals surface area contributed by atoms with Gasteiger partial charge in [0.05, 0.1) is 36.3 Å². The summed E-state index contributed by atoms with van der Waals surface area (Å²) in [6, 6.07) is 1.77. The summed E-state index contributed by atoms with van der Waals surface area (Å²) in [6.07, 6.45) is 9.50. The van der Waals surface area contributed by atoms with Gasteiger partial charge in [-0.1, -0.05) is 11.6 Å². The Kier molecular flexibility index (Phi) is 6.07. The number of nitrogens with zero attached hydrogens (tertiary/aromatic N) is 7. The number of halogens is 1. The second-order valence-electron chi connectivity index (χ2n) is 7.95. The zero-order chi connectivity index (χ0) is 22.8. The van der Waals surface area contributed by atoms with Crippen LogP contribution in [0.4, 0.5) is 11.6 Å². The summed E-state index contributed by atoms with van der Waals surface area (Å²) in [5.41, 5.74) is 8.91. The minimum Gasteiger partial charge on any atom is -0.389 e. The average Bonchev–Trinajstić information content (AvgIpc) is 3.45. The van der Waals surface area contributed by atoms with Crippen LogP contribution in [0.5, 0.6) is 0 Å². The van der Waals surface area contributed by atoms with Crippen molar-refractivity contribution in [2.75, 3.05) is 24.3 Å². The van der Waals surface area contributed by atoms with Crippen LogP contribution in [0, 0.1) is 0 Å². The lowest BCUT2D eigenvalue weighted by Crippen LogP contribution is -2.42. The van der Waals surface area contributed by atoms with E-state index in [4.69, 9.17) is 22.1 Å². The first-order valence-corrected chi connectivity index (χ1v) is 11.1. The van der Waals surface area contributed by atoms with Crippen LogP contribution in [0.15, 0.2) is 37.3 Å². The number of ether oxygens (including phenoxy) is 1. The predicted molar refractivity (Wildman–Crippen MR) is 124 cm³/mol. The third-order valence-electron chi connectivity index (χ3n) is 5.67. The highest BCUT2D eigenvalue weighted by atomic mass is 35.5. The van der Waals surface area contributed by atoms with E-state index in [0.29, 0.717) is 48.4 Å². The van der Waals surface area contributed by atoms with E-state index in [2.05, 4.69) is 30.4 Å². The molecule has 0 unspecified atom stereocenters. The number of nitrogen functional groups attached to an aromatic ring is 1. The maximum absolute atomic E-state index is 10.1. The predicted octanol–water partition coefficient (Wildman–Crippen LogP) is 1.97. The lowest BCUT2D eigenvalue weighted by molar-refractivity contribution is -0.0135. The summed E-state index contributed by atoms with van der Waals surface area (Å²) in [7, 11) is 0. The Labute approximate surface area is 194 Å². The highest BCUT2D eigenvalue weighted by molar-refractivity contribution is 6.33. The Morgan fingerprint density at radius 2 is 2.12 bits per heavy atom. The molecule has 0 radical (unpaired) electrons. The van der Waals surface area contributed by atoms with Crippen molar-refractivity contribution in [1.29, 1.82) is 0 Å². The van der Waals surface area contributed by atoms with Crippen LogP contribution in [-0.2, 0) is 17.8 Å². The van der Waals surface area contributed by atoms with E-state index in [1.54, 1.807) is 18.7 Å². The van der Waals surface area contributed by atoms with Gasteiger partial charge in [0.2, 0.25) is 0 Å². The highest BCUT2D eigenvalue weighted by Gasteiger charge is 2.24. The number of aliphatic hydroxyl groups excluding tert-OH is 1. The van der Waals surface area contributed by atoms with Crippen LogP contribution in [0.1, 0.15) is 12.8 Å². The van der Waals surface area contributed by atoms with Gasteiger partial charge in [0.15, 0.2) is 11.5 Å². The molecule has 0 aromatic carbocycles. The van der Waals surface area contributed by atoms with Gasteiger partial charge in [-0.3, -0.25) is 4.68 Å². The fourth-order valence-electron chi connectivity index (χ4n) is 3.91. The third-order valence-corrected chi connectivity index (χ3v) is 5.98. The number of anilines is 2. The Balaban J connectivity index is 1.25. The Bertz CT molecular complexity index is 1260. The Morgan fingerprint density at radius 3 is 3.00 bits per heavy atom. The normalized spacial score (nSPS) is 18.6. The molecule has 5 rings (SSSR count). The smallest absolute Gasteiger partial charge is 0.165 e. The van der Waals surface area contributed by atoms with Crippen LogP contribution in [0.2, 0.25) is 5.02 Å². The van der Waals surface area contributed by atoms with E-state index in [1.165, 1.54) is 6.33 Å². The molecule has 1 saturated heterocycles. The molecule has 0 spiro atoms. The van der Waals surface area contributed by atoms with Crippen molar-refractivity contribution >= 4 is 34.4 Å². The van der Waals surface area contributed by atoms with Crippen molar-refractivity contribution in [2.24, 2.45) is 0 Å². The molecule has 172 valence electrons. The number of nitrogens with one attached hydrogen (secondary N) is 1. The molecule has 5 heterocycles. The van der Waals surface area contributed by atoms with Gasteiger partial charge in [-0.25, -0.2) is 19.9 Å². The van der Waals surface area contributed by atoms with E-state index >= 15 is 0 Å². The minimum absolute atomic E-state index is 0.108. The van der Waals surface area contributed by atoms with E-state index in [-0.39, 0.29) is 6.04 Å². The van der Waals surface area contributed by atoms with Crippen molar-refractivity contribution < 1.29 is 9.84 Å². The summed E-state index contributed by atoms with van der Waals surface area (Å²) in [5, 5.41) is 18.4. The first kappa shape index (κ1) is 21.6. The molecule has 0 saturated carbocycles. The summed E-state index contributed by atoms with van der Waals surface area (Å²) < 4.78 is 9.12. The quantitative estimate of drug-likeness (QED) is 0.370. The first-order chi connectivity index (χ1) is 16.1. The summed E-state index contributed by atoms with van der Waals surface area (Å²) >= 11 is 6.42. The molecule has 2 atom stereocenters. The number of imidazole rings is 1. The second kappa shape index (κ2) is 9.30. The monoisotopic (exact) mass is 469 g/mol. The molecule has 33 heavy (non-hydrogen) atoms. The number of hydrogen-bond acceptors (Lipinski definition) is 9. The van der Waals surface area contributed by atoms with Crippen LogP contribution < -0.4 is 11.1 Å². The molecule has 1 aliphatic heterocycles. The summed E-state index contributed by atoms with van der Waals surface area (Å²) in [6.45, 7) is 2.36. The van der Waals surface area contributed by atoms with Gasteiger partial charge in [0.1, 0.15) is 17.7 Å². The molecule has 11 nitrogen and oxygen atoms in total. The number of nitrogens with two attached hydrogens (primary N) is 1. The number of fused-ring (bicyclic) bond motifs is 1. The molecule has 0 aliphatic carbocycles. The molecule has 4 N–H and O–H groups in total. The summed E-state index contributed by atoms with van der Waals surface area (Å²) in [4.78, 5) is 16.9. The van der Waals surface area contributed by atoms with Gasteiger partial charge in [0, 0.05) is 43.2 Å². The molecule has 4 aromatic heterocycles. The number of hydrogen-bond donors (Lipinski definition) is 3. The van der Waals surface area contributed by atoms with Crippen LogP contribution >= 0.6 is 11.6 Å². The molecular formula is C21H24ClN9O2. The van der Waals surface area contributed by atoms with Crippen LogP contribution in [0.25, 0.3) is 22.3 Å². The van der Waals surface area contributed by atoms with Gasteiger partial charge >= 0.3 is 0 Å². The Morgan fingerprint density at radius 1 is 1.21 bits per heavy atom. The van der Waals surface area contributed by atoms with Crippen molar-refractivity contribution in [3.05, 3.63) is 42.3 Å². The zero-order valence-electron chi connectivity index (χ0n) is 17.8. The van der Waals surface area contributed by atoms with E-state index in [9.17, 15) is 5.11 Å². The van der Waals surface area contributed by atoms with Crippen molar-refractivity contribution in [2.45, 2.75) is 38.1 Å². The molecule has 0 amide bonds. The molecule has 0 bridgehead atoms.